The van der Waals surface area contributed by atoms with Gasteiger partial charge in [-0.25, -0.2) is 0 Å². The Labute approximate surface area is 176 Å². The Balaban J connectivity index is 1.38. The number of hydrogen-bond acceptors (Lipinski definition) is 4. The topological polar surface area (TPSA) is 70.2 Å². The molecule has 0 radical (unpaired) electrons. The van der Waals surface area contributed by atoms with E-state index in [1.807, 2.05) is 23.1 Å². The molecule has 0 aliphatic carbocycles. The third-order valence-corrected chi connectivity index (χ3v) is 7.18. The maximum Gasteiger partial charge on any atom is 0.241 e. The molecule has 0 N–H and O–H groups in total. The van der Waals surface area contributed by atoms with Crippen molar-refractivity contribution in [3.05, 3.63) is 47.0 Å². The van der Waals surface area contributed by atoms with Crippen LogP contribution in [0.4, 0.5) is 0 Å². The Bertz CT molecular complexity index is 973. The highest BCUT2D eigenvalue weighted by Gasteiger charge is 2.67. The Hall–Kier alpha value is -2.67. The lowest BCUT2D eigenvalue weighted by Crippen LogP contribution is -2.54. The van der Waals surface area contributed by atoms with E-state index in [1.165, 1.54) is 11.1 Å². The number of likely N-dealkylation sites (N-methyl/N-ethyl adjacent to an activating group) is 1. The lowest BCUT2D eigenvalue weighted by atomic mass is 9.76. The van der Waals surface area contributed by atoms with Crippen molar-refractivity contribution < 1.29 is 19.1 Å². The molecule has 1 aromatic carbocycles. The van der Waals surface area contributed by atoms with Gasteiger partial charge in [0.2, 0.25) is 17.7 Å². The van der Waals surface area contributed by atoms with Crippen LogP contribution in [0.5, 0.6) is 0 Å². The van der Waals surface area contributed by atoms with Gasteiger partial charge in [-0.05, 0) is 30.5 Å². The number of nitrogens with zero attached hydrogens (tertiary/aromatic N) is 3. The van der Waals surface area contributed by atoms with Crippen molar-refractivity contribution in [2.24, 2.45) is 11.8 Å². The molecular weight excluding hydrogens is 382 g/mol. The van der Waals surface area contributed by atoms with Gasteiger partial charge in [0.15, 0.2) is 0 Å². The van der Waals surface area contributed by atoms with Gasteiger partial charge in [0.1, 0.15) is 5.60 Å². The van der Waals surface area contributed by atoms with Crippen LogP contribution in [-0.2, 0) is 25.7 Å². The Morgan fingerprint density at radius 3 is 2.73 bits per heavy atom. The number of aryl methyl sites for hydroxylation is 2. The van der Waals surface area contributed by atoms with Crippen LogP contribution in [-0.4, -0.2) is 77.4 Å². The van der Waals surface area contributed by atoms with E-state index in [9.17, 15) is 14.4 Å². The van der Waals surface area contributed by atoms with Gasteiger partial charge in [-0.15, -0.1) is 0 Å². The predicted octanol–water partition coefficient (Wildman–Crippen LogP) is 0.886. The van der Waals surface area contributed by atoms with E-state index in [0.717, 1.165) is 5.56 Å². The second-order valence-corrected chi connectivity index (χ2v) is 9.09. The van der Waals surface area contributed by atoms with E-state index >= 15 is 0 Å². The second-order valence-electron chi connectivity index (χ2n) is 9.09. The molecule has 5 rings (SSSR count). The molecule has 0 aromatic heterocycles. The monoisotopic (exact) mass is 409 g/mol. The van der Waals surface area contributed by atoms with Crippen molar-refractivity contribution >= 4 is 17.7 Å². The fourth-order valence-electron chi connectivity index (χ4n) is 5.27. The normalized spacial score (nSPS) is 32.4. The zero-order chi connectivity index (χ0) is 21.2. The number of fused-ring (bicyclic) bond motifs is 1. The summed E-state index contributed by atoms with van der Waals surface area (Å²) >= 11 is 0. The largest absolute Gasteiger partial charge is 0.360 e. The molecule has 7 heteroatoms. The summed E-state index contributed by atoms with van der Waals surface area (Å²) in [6.45, 7) is 6.19. The van der Waals surface area contributed by atoms with E-state index in [2.05, 4.69) is 26.0 Å². The van der Waals surface area contributed by atoms with Gasteiger partial charge in [-0.1, -0.05) is 30.4 Å². The van der Waals surface area contributed by atoms with E-state index in [-0.39, 0.29) is 30.4 Å². The van der Waals surface area contributed by atoms with Crippen LogP contribution in [0.2, 0.25) is 0 Å². The number of benzene rings is 1. The number of piperazine rings is 1. The average molecular weight is 409 g/mol. The highest BCUT2D eigenvalue weighted by Crippen LogP contribution is 2.52. The Morgan fingerprint density at radius 2 is 2.00 bits per heavy atom. The Kier molecular flexibility index (Phi) is 4.29. The van der Waals surface area contributed by atoms with Crippen molar-refractivity contribution in [1.82, 2.24) is 14.7 Å². The summed E-state index contributed by atoms with van der Waals surface area (Å²) in [7, 11) is 1.74. The predicted molar refractivity (Wildman–Crippen MR) is 109 cm³/mol. The van der Waals surface area contributed by atoms with Gasteiger partial charge < -0.3 is 19.4 Å². The van der Waals surface area contributed by atoms with Gasteiger partial charge in [-0.2, -0.15) is 0 Å². The SMILES string of the molecule is Cc1ccc(CN2C[C@]34C=C[C@H](O3)C(C(=O)N3CCN(C)C(=O)C3)C4C2=O)cc1C. The molecule has 158 valence electrons. The van der Waals surface area contributed by atoms with Gasteiger partial charge >= 0.3 is 0 Å². The maximum atomic E-state index is 13.4. The van der Waals surface area contributed by atoms with Crippen molar-refractivity contribution in [3.63, 3.8) is 0 Å². The lowest BCUT2D eigenvalue weighted by Gasteiger charge is -2.35. The third kappa shape index (κ3) is 2.79. The average Bonchev–Trinajstić information content (AvgIpc) is 3.35. The molecule has 1 spiro atoms. The molecule has 4 aliphatic rings. The quantitative estimate of drug-likeness (QED) is 0.695. The zero-order valence-electron chi connectivity index (χ0n) is 17.6. The van der Waals surface area contributed by atoms with Gasteiger partial charge in [-0.3, -0.25) is 14.4 Å². The first kappa shape index (κ1) is 19.3. The molecule has 3 saturated heterocycles. The number of rotatable bonds is 3. The molecule has 4 heterocycles. The maximum absolute atomic E-state index is 13.4. The summed E-state index contributed by atoms with van der Waals surface area (Å²) in [5, 5.41) is 0. The summed E-state index contributed by atoms with van der Waals surface area (Å²) in [6.07, 6.45) is 3.51. The number of carbonyl (C=O) groups excluding carboxylic acids is 3. The van der Waals surface area contributed by atoms with Crippen LogP contribution >= 0.6 is 0 Å². The van der Waals surface area contributed by atoms with Crippen LogP contribution in [0, 0.1) is 25.7 Å². The summed E-state index contributed by atoms with van der Waals surface area (Å²) in [4.78, 5) is 43.9. The van der Waals surface area contributed by atoms with Crippen molar-refractivity contribution in [3.8, 4) is 0 Å². The fourth-order valence-corrected chi connectivity index (χ4v) is 5.27. The summed E-state index contributed by atoms with van der Waals surface area (Å²) in [5.74, 6) is -1.30. The van der Waals surface area contributed by atoms with Gasteiger partial charge in [0.05, 0.1) is 31.0 Å². The van der Waals surface area contributed by atoms with Gasteiger partial charge in [0.25, 0.3) is 0 Å². The molecule has 0 saturated carbocycles. The molecule has 7 nitrogen and oxygen atoms in total. The Morgan fingerprint density at radius 1 is 1.20 bits per heavy atom. The van der Waals surface area contributed by atoms with E-state index < -0.39 is 17.4 Å². The number of carbonyl (C=O) groups is 3. The number of hydrogen-bond donors (Lipinski definition) is 0. The zero-order valence-corrected chi connectivity index (χ0v) is 17.6. The van der Waals surface area contributed by atoms with Crippen LogP contribution in [0.15, 0.2) is 30.4 Å². The van der Waals surface area contributed by atoms with Crippen LogP contribution < -0.4 is 0 Å². The van der Waals surface area contributed by atoms with Crippen LogP contribution in [0.25, 0.3) is 0 Å². The molecule has 2 unspecified atom stereocenters. The summed E-state index contributed by atoms with van der Waals surface area (Å²) < 4.78 is 6.22. The van der Waals surface area contributed by atoms with E-state index in [4.69, 9.17) is 4.74 Å². The van der Waals surface area contributed by atoms with Crippen molar-refractivity contribution in [2.45, 2.75) is 32.1 Å². The van der Waals surface area contributed by atoms with Gasteiger partial charge in [0, 0.05) is 26.7 Å². The number of likely N-dealkylation sites (tertiary alicyclic amines) is 1. The minimum atomic E-state index is -0.724. The highest BCUT2D eigenvalue weighted by molar-refractivity contribution is 5.94. The standard InChI is InChI=1S/C23H27N3O4/c1-14-4-5-16(10-15(14)2)11-26-13-23-7-6-17(30-23)19(20(23)22(26)29)21(28)25-9-8-24(3)18(27)12-25/h4-7,10,17,19-20H,8-9,11-13H2,1-3H3/t17-,19?,20?,23-/m0/s1. The first-order chi connectivity index (χ1) is 14.3. The first-order valence-electron chi connectivity index (χ1n) is 10.5. The fraction of sp³-hybridized carbons (Fsp3) is 0.522. The molecule has 3 fully saturated rings. The molecule has 3 amide bonds. The second kappa shape index (κ2) is 6.67. The highest BCUT2D eigenvalue weighted by atomic mass is 16.5. The first-order valence-corrected chi connectivity index (χ1v) is 10.5. The van der Waals surface area contributed by atoms with E-state index in [0.29, 0.717) is 26.2 Å². The number of amides is 3. The van der Waals surface area contributed by atoms with Crippen LogP contribution in [0.1, 0.15) is 16.7 Å². The van der Waals surface area contributed by atoms with Crippen LogP contribution in [0.3, 0.4) is 0 Å². The minimum Gasteiger partial charge on any atom is -0.360 e. The molecule has 30 heavy (non-hydrogen) atoms. The van der Waals surface area contributed by atoms with Crippen molar-refractivity contribution in [2.75, 3.05) is 33.2 Å². The molecule has 4 atom stereocenters. The summed E-state index contributed by atoms with van der Waals surface area (Å²) in [5.41, 5.74) is 2.77. The lowest BCUT2D eigenvalue weighted by molar-refractivity contribution is -0.149. The molecule has 2 bridgehead atoms. The molecule has 1 aromatic rings. The smallest absolute Gasteiger partial charge is 0.241 e. The minimum absolute atomic E-state index is 0.0288. The third-order valence-electron chi connectivity index (χ3n) is 7.18. The molecule has 4 aliphatic heterocycles. The van der Waals surface area contributed by atoms with Crippen molar-refractivity contribution in [1.29, 1.82) is 0 Å². The number of ether oxygens (including phenoxy) is 1. The summed E-state index contributed by atoms with van der Waals surface area (Å²) in [6, 6.07) is 6.23. The van der Waals surface area contributed by atoms with E-state index in [1.54, 1.807) is 16.8 Å². The molecular formula is C23H27N3O4.